The highest BCUT2D eigenvalue weighted by Gasteiger charge is 2.15. The van der Waals surface area contributed by atoms with Crippen molar-refractivity contribution in [3.63, 3.8) is 0 Å². The van der Waals surface area contributed by atoms with E-state index in [1.54, 1.807) is 67.4 Å². The van der Waals surface area contributed by atoms with E-state index in [0.717, 1.165) is 17.1 Å². The van der Waals surface area contributed by atoms with Crippen LogP contribution in [0.4, 0.5) is 11.6 Å². The Morgan fingerprint density at radius 3 is 1.35 bits per heavy atom. The van der Waals surface area contributed by atoms with Gasteiger partial charge in [-0.1, -0.05) is 30.3 Å². The Morgan fingerprint density at radius 1 is 0.442 bits per heavy atom. The third-order valence-electron chi connectivity index (χ3n) is 7.88. The zero-order chi connectivity index (χ0) is 35.5. The number of hydrogen-bond donors (Lipinski definition) is 2. The highest BCUT2D eigenvalue weighted by molar-refractivity contribution is 6.04. The van der Waals surface area contributed by atoms with Gasteiger partial charge in [0.25, 0.3) is 11.8 Å². The molecule has 0 bridgehead atoms. The Balaban J connectivity index is 1.05. The summed E-state index contributed by atoms with van der Waals surface area (Å²) >= 11 is 0. The number of aromatic nitrogens is 7. The lowest BCUT2D eigenvalue weighted by Crippen LogP contribution is -2.24. The Kier molecular flexibility index (Phi) is 10.4. The minimum absolute atomic E-state index is 0.308. The molecule has 12 nitrogen and oxygen atoms in total. The van der Waals surface area contributed by atoms with Crippen molar-refractivity contribution in [3.05, 3.63) is 174 Å². The zero-order valence-electron chi connectivity index (χ0n) is 27.9. The lowest BCUT2D eigenvalue weighted by molar-refractivity contribution is 0.101. The van der Waals surface area contributed by atoms with Crippen molar-refractivity contribution in [1.29, 1.82) is 0 Å². The molecule has 0 aromatic carbocycles. The standard InChI is InChI=1S/C40H32N10O2/c51-39(28-16-21-44-35(23-28)33-12-2-5-19-42-33)48-37-14-7-10-31(46-37)26-50(25-30-9-1-4-18-41-30)27-32-11-8-15-38(47-32)49-40(52)29-17-22-45-36(24-29)34-13-3-6-20-43-34/h1-24H,25-27H2,(H,46,48,51)(H,47,49,52). The lowest BCUT2D eigenvalue weighted by atomic mass is 10.1. The number of rotatable bonds is 12. The molecule has 0 saturated carbocycles. The second kappa shape index (κ2) is 16.1. The van der Waals surface area contributed by atoms with Crippen molar-refractivity contribution < 1.29 is 9.59 Å². The lowest BCUT2D eigenvalue weighted by Gasteiger charge is -2.22. The van der Waals surface area contributed by atoms with Gasteiger partial charge in [-0.2, -0.15) is 0 Å². The van der Waals surface area contributed by atoms with Crippen LogP contribution in [-0.2, 0) is 19.6 Å². The van der Waals surface area contributed by atoms with Gasteiger partial charge in [0.1, 0.15) is 11.6 Å². The van der Waals surface area contributed by atoms with E-state index in [1.165, 1.54) is 0 Å². The predicted octanol–water partition coefficient (Wildman–Crippen LogP) is 6.49. The summed E-state index contributed by atoms with van der Waals surface area (Å²) in [6, 6.07) is 34.6. The van der Waals surface area contributed by atoms with E-state index in [4.69, 9.17) is 9.97 Å². The summed E-state index contributed by atoms with van der Waals surface area (Å²) in [6.07, 6.45) is 8.30. The van der Waals surface area contributed by atoms with Crippen LogP contribution in [0, 0.1) is 0 Å². The summed E-state index contributed by atoms with van der Waals surface area (Å²) < 4.78 is 0. The molecule has 7 heterocycles. The van der Waals surface area contributed by atoms with Crippen LogP contribution in [0.15, 0.2) is 146 Å². The van der Waals surface area contributed by atoms with Gasteiger partial charge in [-0.15, -0.1) is 0 Å². The van der Waals surface area contributed by atoms with Crippen molar-refractivity contribution in [2.45, 2.75) is 19.6 Å². The molecule has 0 unspecified atom stereocenters. The van der Waals surface area contributed by atoms with Crippen LogP contribution >= 0.6 is 0 Å². The number of anilines is 2. The van der Waals surface area contributed by atoms with Crippen molar-refractivity contribution in [1.82, 2.24) is 39.8 Å². The Labute approximate surface area is 299 Å². The van der Waals surface area contributed by atoms with E-state index in [0.29, 0.717) is 65.2 Å². The van der Waals surface area contributed by atoms with Gasteiger partial charge in [0.05, 0.1) is 39.9 Å². The summed E-state index contributed by atoms with van der Waals surface area (Å²) in [6.45, 7) is 1.38. The molecule has 2 N–H and O–H groups in total. The molecule has 0 saturated heterocycles. The average molecular weight is 685 g/mol. The Bertz CT molecular complexity index is 2150. The number of nitrogens with zero attached hydrogens (tertiary/aromatic N) is 8. The van der Waals surface area contributed by atoms with E-state index < -0.39 is 0 Å². The Morgan fingerprint density at radius 2 is 0.885 bits per heavy atom. The second-order valence-corrected chi connectivity index (χ2v) is 11.7. The highest BCUT2D eigenvalue weighted by atomic mass is 16.2. The molecule has 7 rings (SSSR count). The molecule has 0 fully saturated rings. The first kappa shape index (κ1) is 33.4. The van der Waals surface area contributed by atoms with E-state index in [9.17, 15) is 9.59 Å². The van der Waals surface area contributed by atoms with Crippen LogP contribution < -0.4 is 10.6 Å². The molecular formula is C40H32N10O2. The average Bonchev–Trinajstić information content (AvgIpc) is 3.19. The quantitative estimate of drug-likeness (QED) is 0.146. The van der Waals surface area contributed by atoms with Crippen LogP contribution in [-0.4, -0.2) is 51.6 Å². The van der Waals surface area contributed by atoms with E-state index in [-0.39, 0.29) is 11.8 Å². The smallest absolute Gasteiger partial charge is 0.256 e. The summed E-state index contributed by atoms with van der Waals surface area (Å²) in [4.78, 5) is 60.0. The van der Waals surface area contributed by atoms with Crippen LogP contribution in [0.3, 0.4) is 0 Å². The van der Waals surface area contributed by atoms with Crippen molar-refractivity contribution in [2.24, 2.45) is 0 Å². The normalized spacial score (nSPS) is 10.9. The number of carbonyl (C=O) groups excluding carboxylic acids is 2. The minimum Gasteiger partial charge on any atom is -0.307 e. The topological polar surface area (TPSA) is 152 Å². The molecule has 0 spiro atoms. The number of carbonyl (C=O) groups is 2. The van der Waals surface area contributed by atoms with Crippen molar-refractivity contribution >= 4 is 23.5 Å². The van der Waals surface area contributed by atoms with E-state index >= 15 is 0 Å². The molecule has 52 heavy (non-hydrogen) atoms. The third kappa shape index (κ3) is 8.75. The maximum absolute atomic E-state index is 13.2. The van der Waals surface area contributed by atoms with Gasteiger partial charge in [0, 0.05) is 61.7 Å². The molecule has 7 aromatic rings. The van der Waals surface area contributed by atoms with Gasteiger partial charge in [-0.25, -0.2) is 9.97 Å². The summed E-state index contributed by atoms with van der Waals surface area (Å²) in [5.41, 5.74) is 5.79. The van der Waals surface area contributed by atoms with Gasteiger partial charge in [0.2, 0.25) is 0 Å². The molecule has 0 atom stereocenters. The fourth-order valence-electron chi connectivity index (χ4n) is 5.45. The van der Waals surface area contributed by atoms with Gasteiger partial charge in [-0.3, -0.25) is 39.4 Å². The molecule has 254 valence electrons. The van der Waals surface area contributed by atoms with Crippen molar-refractivity contribution in [3.8, 4) is 22.8 Å². The molecule has 0 aliphatic carbocycles. The van der Waals surface area contributed by atoms with Gasteiger partial charge < -0.3 is 10.6 Å². The number of hydrogen-bond acceptors (Lipinski definition) is 10. The highest BCUT2D eigenvalue weighted by Crippen LogP contribution is 2.19. The molecule has 0 radical (unpaired) electrons. The van der Waals surface area contributed by atoms with Gasteiger partial charge in [0.15, 0.2) is 0 Å². The fourth-order valence-corrected chi connectivity index (χ4v) is 5.45. The van der Waals surface area contributed by atoms with Crippen LogP contribution in [0.5, 0.6) is 0 Å². The number of amides is 2. The number of pyridine rings is 7. The van der Waals surface area contributed by atoms with Crippen LogP contribution in [0.1, 0.15) is 37.8 Å². The SMILES string of the molecule is O=C(Nc1cccc(CN(Cc2ccccn2)Cc2cccc(NC(=O)c3ccnc(-c4ccccn4)c3)n2)n1)c1ccnc(-c2ccccn2)c1. The van der Waals surface area contributed by atoms with Crippen LogP contribution in [0.25, 0.3) is 22.8 Å². The maximum atomic E-state index is 13.2. The largest absolute Gasteiger partial charge is 0.307 e. The predicted molar refractivity (Wildman–Crippen MR) is 197 cm³/mol. The first-order valence-corrected chi connectivity index (χ1v) is 16.5. The zero-order valence-corrected chi connectivity index (χ0v) is 27.9. The van der Waals surface area contributed by atoms with Gasteiger partial charge in [-0.05, 0) is 84.9 Å². The third-order valence-corrected chi connectivity index (χ3v) is 7.88. The van der Waals surface area contributed by atoms with Crippen LogP contribution in [0.2, 0.25) is 0 Å². The molecule has 0 aliphatic heterocycles. The molecule has 12 heteroatoms. The maximum Gasteiger partial charge on any atom is 0.256 e. The fraction of sp³-hybridized carbons (Fsp3) is 0.0750. The molecule has 2 amide bonds. The molecule has 0 aliphatic rings. The van der Waals surface area contributed by atoms with Gasteiger partial charge >= 0.3 is 0 Å². The second-order valence-electron chi connectivity index (χ2n) is 11.7. The first-order valence-electron chi connectivity index (χ1n) is 16.5. The molecule has 7 aromatic heterocycles. The summed E-state index contributed by atoms with van der Waals surface area (Å²) in [5.74, 6) is 0.220. The van der Waals surface area contributed by atoms with Crippen molar-refractivity contribution in [2.75, 3.05) is 10.6 Å². The first-order chi connectivity index (χ1) is 25.6. The summed E-state index contributed by atoms with van der Waals surface area (Å²) in [5, 5.41) is 5.83. The molecular weight excluding hydrogens is 653 g/mol. The van der Waals surface area contributed by atoms with E-state index in [1.807, 2.05) is 78.9 Å². The number of nitrogens with one attached hydrogen (secondary N) is 2. The Hall–Kier alpha value is -7.05. The summed E-state index contributed by atoms with van der Waals surface area (Å²) in [7, 11) is 0. The van der Waals surface area contributed by atoms with E-state index in [2.05, 4.69) is 40.5 Å². The monoisotopic (exact) mass is 684 g/mol. The minimum atomic E-state index is -0.308.